The third-order valence-electron chi connectivity index (χ3n) is 2.68. The van der Waals surface area contributed by atoms with Crippen molar-refractivity contribution in [2.24, 2.45) is 5.92 Å². The lowest BCUT2D eigenvalue weighted by Crippen LogP contribution is -2.50. The van der Waals surface area contributed by atoms with E-state index in [0.717, 1.165) is 13.1 Å². The van der Waals surface area contributed by atoms with Gasteiger partial charge in [0.25, 0.3) is 0 Å². The molecule has 14 heavy (non-hydrogen) atoms. The molecule has 0 aromatic rings. The lowest BCUT2D eigenvalue weighted by atomic mass is 10.1. The van der Waals surface area contributed by atoms with Crippen molar-refractivity contribution in [2.45, 2.75) is 0 Å². The third kappa shape index (κ3) is 2.25. The minimum atomic E-state index is -3.03. The van der Waals surface area contributed by atoms with Gasteiger partial charge in [-0.3, -0.25) is 0 Å². The zero-order valence-corrected chi connectivity index (χ0v) is 8.92. The van der Waals surface area contributed by atoms with E-state index in [4.69, 9.17) is 4.74 Å². The van der Waals surface area contributed by atoms with Crippen LogP contribution in [0.5, 0.6) is 0 Å². The van der Waals surface area contributed by atoms with E-state index in [1.807, 2.05) is 0 Å². The largest absolute Gasteiger partial charge is 0.379 e. The van der Waals surface area contributed by atoms with Crippen LogP contribution in [0.1, 0.15) is 0 Å². The van der Waals surface area contributed by atoms with Gasteiger partial charge in [-0.05, 0) is 5.92 Å². The molecule has 2 heterocycles. The van der Waals surface area contributed by atoms with Gasteiger partial charge in [0.1, 0.15) is 0 Å². The Morgan fingerprint density at radius 2 is 1.93 bits per heavy atom. The van der Waals surface area contributed by atoms with Crippen molar-refractivity contribution in [3.63, 3.8) is 0 Å². The van der Waals surface area contributed by atoms with Crippen molar-refractivity contribution in [1.29, 1.82) is 0 Å². The molecule has 5 nitrogen and oxygen atoms in total. The van der Waals surface area contributed by atoms with Crippen molar-refractivity contribution in [3.8, 4) is 0 Å². The monoisotopic (exact) mass is 220 g/mol. The van der Waals surface area contributed by atoms with Gasteiger partial charge in [-0.2, -0.15) is 4.31 Å². The molecule has 2 aliphatic rings. The molecule has 0 spiro atoms. The molecule has 2 aliphatic heterocycles. The lowest BCUT2D eigenvalue weighted by molar-refractivity contribution is 0.0727. The summed E-state index contributed by atoms with van der Waals surface area (Å²) in [5, 5.41) is 3.08. The second-order valence-electron chi connectivity index (χ2n) is 3.81. The predicted octanol–water partition coefficient (Wildman–Crippen LogP) is -1.13. The summed E-state index contributed by atoms with van der Waals surface area (Å²) in [6, 6.07) is 0. The summed E-state index contributed by atoms with van der Waals surface area (Å²) < 4.78 is 30.3. The molecular weight excluding hydrogens is 204 g/mol. The zero-order chi connectivity index (χ0) is 10.0. The molecule has 1 N–H and O–H groups in total. The second kappa shape index (κ2) is 4.14. The molecule has 82 valence electrons. The highest BCUT2D eigenvalue weighted by molar-refractivity contribution is 7.89. The van der Waals surface area contributed by atoms with Gasteiger partial charge in [-0.15, -0.1) is 0 Å². The fourth-order valence-electron chi connectivity index (χ4n) is 1.69. The van der Waals surface area contributed by atoms with Crippen LogP contribution in [0.25, 0.3) is 0 Å². The van der Waals surface area contributed by atoms with Crippen molar-refractivity contribution in [2.75, 3.05) is 45.1 Å². The van der Waals surface area contributed by atoms with Crippen molar-refractivity contribution in [3.05, 3.63) is 0 Å². The Labute approximate surface area is 84.5 Å². The van der Waals surface area contributed by atoms with Crippen LogP contribution in [0.3, 0.4) is 0 Å². The standard InChI is InChI=1S/C8H16N2O3S/c11-14(12,7-8-5-9-6-8)10-1-3-13-4-2-10/h8-9H,1-7H2. The van der Waals surface area contributed by atoms with Gasteiger partial charge < -0.3 is 10.1 Å². The Hall–Kier alpha value is -0.170. The molecule has 0 aromatic heterocycles. The number of morpholine rings is 1. The Morgan fingerprint density at radius 3 is 2.43 bits per heavy atom. The highest BCUT2D eigenvalue weighted by Gasteiger charge is 2.29. The summed E-state index contributed by atoms with van der Waals surface area (Å²) in [6.45, 7) is 3.77. The number of ether oxygens (including phenoxy) is 1. The summed E-state index contributed by atoms with van der Waals surface area (Å²) in [5.41, 5.74) is 0. The van der Waals surface area contributed by atoms with Crippen molar-refractivity contribution < 1.29 is 13.2 Å². The quantitative estimate of drug-likeness (QED) is 0.654. The minimum Gasteiger partial charge on any atom is -0.379 e. The fourth-order valence-corrected chi connectivity index (χ4v) is 3.44. The van der Waals surface area contributed by atoms with Gasteiger partial charge >= 0.3 is 0 Å². The Kier molecular flexibility index (Phi) is 3.06. The van der Waals surface area contributed by atoms with Gasteiger partial charge in [0.15, 0.2) is 0 Å². The molecule has 6 heteroatoms. The minimum absolute atomic E-state index is 0.292. The summed E-state index contributed by atoms with van der Waals surface area (Å²) in [6.07, 6.45) is 0. The summed E-state index contributed by atoms with van der Waals surface area (Å²) >= 11 is 0. The second-order valence-corrected chi connectivity index (χ2v) is 5.83. The number of nitrogens with one attached hydrogen (secondary N) is 1. The van der Waals surface area contributed by atoms with Gasteiger partial charge in [0, 0.05) is 26.2 Å². The summed E-state index contributed by atoms with van der Waals surface area (Å²) in [5.74, 6) is 0.600. The highest BCUT2D eigenvalue weighted by atomic mass is 32.2. The van der Waals surface area contributed by atoms with Gasteiger partial charge in [-0.25, -0.2) is 8.42 Å². The van der Waals surface area contributed by atoms with E-state index < -0.39 is 10.0 Å². The van der Waals surface area contributed by atoms with E-state index in [9.17, 15) is 8.42 Å². The molecule has 0 bridgehead atoms. The van der Waals surface area contributed by atoms with E-state index in [-0.39, 0.29) is 0 Å². The average Bonchev–Trinajstić information content (AvgIpc) is 2.13. The van der Waals surface area contributed by atoms with E-state index in [0.29, 0.717) is 38.0 Å². The SMILES string of the molecule is O=S(=O)(CC1CNC1)N1CCOCC1. The number of sulfonamides is 1. The van der Waals surface area contributed by atoms with Gasteiger partial charge in [-0.1, -0.05) is 0 Å². The van der Waals surface area contributed by atoms with Crippen LogP contribution in [0, 0.1) is 5.92 Å². The maximum Gasteiger partial charge on any atom is 0.214 e. The van der Waals surface area contributed by atoms with E-state index in [1.54, 1.807) is 4.31 Å². The van der Waals surface area contributed by atoms with Crippen LogP contribution in [0.15, 0.2) is 0 Å². The van der Waals surface area contributed by atoms with Crippen LogP contribution < -0.4 is 5.32 Å². The van der Waals surface area contributed by atoms with Crippen LogP contribution in [-0.2, 0) is 14.8 Å². The molecule has 0 amide bonds. The van der Waals surface area contributed by atoms with Gasteiger partial charge in [0.2, 0.25) is 10.0 Å². The van der Waals surface area contributed by atoms with Gasteiger partial charge in [0.05, 0.1) is 19.0 Å². The normalized spacial score (nSPS) is 26.0. The Balaban J connectivity index is 1.91. The lowest BCUT2D eigenvalue weighted by Gasteiger charge is -2.31. The smallest absolute Gasteiger partial charge is 0.214 e. The third-order valence-corrected chi connectivity index (χ3v) is 4.72. The molecule has 0 aromatic carbocycles. The fraction of sp³-hybridized carbons (Fsp3) is 1.00. The first-order valence-corrected chi connectivity index (χ1v) is 6.56. The number of hydrogen-bond acceptors (Lipinski definition) is 4. The Morgan fingerprint density at radius 1 is 1.29 bits per heavy atom. The number of rotatable bonds is 3. The van der Waals surface area contributed by atoms with E-state index in [2.05, 4.69) is 5.32 Å². The number of hydrogen-bond donors (Lipinski definition) is 1. The zero-order valence-electron chi connectivity index (χ0n) is 8.11. The molecule has 0 unspecified atom stereocenters. The molecule has 2 rings (SSSR count). The van der Waals surface area contributed by atoms with Crippen LogP contribution in [-0.4, -0.2) is 57.9 Å². The number of nitrogens with zero attached hydrogens (tertiary/aromatic N) is 1. The molecule has 0 aliphatic carbocycles. The van der Waals surface area contributed by atoms with Crippen molar-refractivity contribution >= 4 is 10.0 Å². The molecular formula is C8H16N2O3S. The van der Waals surface area contributed by atoms with E-state index in [1.165, 1.54) is 0 Å². The van der Waals surface area contributed by atoms with Crippen LogP contribution >= 0.6 is 0 Å². The Bertz CT molecular complexity index is 281. The maximum absolute atomic E-state index is 11.8. The summed E-state index contributed by atoms with van der Waals surface area (Å²) in [4.78, 5) is 0. The first-order valence-electron chi connectivity index (χ1n) is 4.95. The molecule has 0 radical (unpaired) electrons. The average molecular weight is 220 g/mol. The van der Waals surface area contributed by atoms with Crippen LogP contribution in [0.4, 0.5) is 0 Å². The first kappa shape index (κ1) is 10.4. The van der Waals surface area contributed by atoms with Crippen molar-refractivity contribution in [1.82, 2.24) is 9.62 Å². The topological polar surface area (TPSA) is 58.6 Å². The van der Waals surface area contributed by atoms with Crippen LogP contribution in [0.2, 0.25) is 0 Å². The van der Waals surface area contributed by atoms with E-state index >= 15 is 0 Å². The molecule has 2 fully saturated rings. The first-order chi connectivity index (χ1) is 6.68. The highest BCUT2D eigenvalue weighted by Crippen LogP contribution is 2.12. The predicted molar refractivity (Wildman–Crippen MR) is 52.5 cm³/mol. The molecule has 0 saturated carbocycles. The maximum atomic E-state index is 11.8. The molecule has 2 saturated heterocycles. The summed E-state index contributed by atoms with van der Waals surface area (Å²) in [7, 11) is -3.03. The molecule has 0 atom stereocenters.